The first-order valence-electron chi connectivity index (χ1n) is 7.63. The van der Waals surface area contributed by atoms with E-state index in [1.165, 1.54) is 14.1 Å². The molecule has 0 fully saturated rings. The van der Waals surface area contributed by atoms with Crippen molar-refractivity contribution in [3.8, 4) is 5.95 Å². The van der Waals surface area contributed by atoms with E-state index in [2.05, 4.69) is 15.2 Å². The Bertz CT molecular complexity index is 1170. The maximum absolute atomic E-state index is 13.1. The van der Waals surface area contributed by atoms with Crippen LogP contribution in [0.25, 0.3) is 16.9 Å². The Morgan fingerprint density at radius 2 is 1.64 bits per heavy atom. The number of nitrogen functional groups attached to an aromatic ring is 2. The second-order valence-electron chi connectivity index (χ2n) is 5.77. The predicted molar refractivity (Wildman–Crippen MR) is 94.4 cm³/mol. The van der Waals surface area contributed by atoms with Gasteiger partial charge in [0.1, 0.15) is 11.6 Å². The van der Waals surface area contributed by atoms with Gasteiger partial charge in [0.25, 0.3) is 11.5 Å². The standard InChI is InChI=1S/C16H16N8O/c1-9-7-13(17)22(20-9)16-19-12-6-4-3-5-11(12)15(25)23(16)24-14(18)8-10(2)21-24/h3-8H,17-18H2,1-2H3. The minimum Gasteiger partial charge on any atom is -0.383 e. The molecular formula is C16H16N8O. The third-order valence-corrected chi connectivity index (χ3v) is 3.81. The van der Waals surface area contributed by atoms with Crippen LogP contribution in [0, 0.1) is 13.8 Å². The predicted octanol–water partition coefficient (Wildman–Crippen LogP) is 0.871. The van der Waals surface area contributed by atoms with Crippen molar-refractivity contribution < 1.29 is 0 Å². The molecule has 0 amide bonds. The average Bonchev–Trinajstić information content (AvgIpc) is 3.08. The zero-order chi connectivity index (χ0) is 17.7. The van der Waals surface area contributed by atoms with Gasteiger partial charge in [-0.25, -0.2) is 4.98 Å². The second kappa shape index (κ2) is 5.20. The SMILES string of the molecule is Cc1cc(N)n(-c2nc3ccccc3c(=O)n2-n2nc(C)cc2N)n1. The van der Waals surface area contributed by atoms with E-state index < -0.39 is 0 Å². The number of anilines is 2. The Kier molecular flexibility index (Phi) is 3.11. The van der Waals surface area contributed by atoms with E-state index in [1.807, 2.05) is 13.0 Å². The van der Waals surface area contributed by atoms with Crippen LogP contribution in [0.15, 0.2) is 41.2 Å². The van der Waals surface area contributed by atoms with Crippen LogP contribution in [-0.4, -0.2) is 29.3 Å². The summed E-state index contributed by atoms with van der Waals surface area (Å²) in [7, 11) is 0. The van der Waals surface area contributed by atoms with Crippen molar-refractivity contribution in [3.63, 3.8) is 0 Å². The third kappa shape index (κ3) is 2.24. The van der Waals surface area contributed by atoms with Crippen LogP contribution in [0.1, 0.15) is 11.4 Å². The zero-order valence-electron chi connectivity index (χ0n) is 13.7. The van der Waals surface area contributed by atoms with Crippen LogP contribution in [0.3, 0.4) is 0 Å². The van der Waals surface area contributed by atoms with Crippen molar-refractivity contribution in [3.05, 3.63) is 58.1 Å². The zero-order valence-corrected chi connectivity index (χ0v) is 13.7. The highest BCUT2D eigenvalue weighted by atomic mass is 16.1. The number of nitrogens with zero attached hydrogens (tertiary/aromatic N) is 6. The van der Waals surface area contributed by atoms with Crippen molar-refractivity contribution in [1.29, 1.82) is 0 Å². The van der Waals surface area contributed by atoms with Gasteiger partial charge in [0.15, 0.2) is 0 Å². The summed E-state index contributed by atoms with van der Waals surface area (Å²) in [4.78, 5) is 19.0. The van der Waals surface area contributed by atoms with Crippen molar-refractivity contribution in [2.24, 2.45) is 0 Å². The molecule has 9 heteroatoms. The summed E-state index contributed by atoms with van der Waals surface area (Å²) in [6.45, 7) is 3.60. The van der Waals surface area contributed by atoms with E-state index in [-0.39, 0.29) is 11.5 Å². The van der Waals surface area contributed by atoms with Crippen LogP contribution in [0.5, 0.6) is 0 Å². The largest absolute Gasteiger partial charge is 0.383 e. The molecule has 0 atom stereocenters. The first kappa shape index (κ1) is 14.9. The molecule has 0 unspecified atom stereocenters. The summed E-state index contributed by atoms with van der Waals surface area (Å²) >= 11 is 0. The highest BCUT2D eigenvalue weighted by Crippen LogP contribution is 2.16. The number of benzene rings is 1. The maximum atomic E-state index is 13.1. The Labute approximate surface area is 142 Å². The molecule has 4 aromatic rings. The fourth-order valence-electron chi connectivity index (χ4n) is 2.77. The quantitative estimate of drug-likeness (QED) is 0.560. The van der Waals surface area contributed by atoms with Crippen LogP contribution in [0.4, 0.5) is 11.6 Å². The van der Waals surface area contributed by atoms with Gasteiger partial charge in [0.05, 0.1) is 22.3 Å². The fraction of sp³-hybridized carbons (Fsp3) is 0.125. The summed E-state index contributed by atoms with van der Waals surface area (Å²) in [5, 5.41) is 9.09. The van der Waals surface area contributed by atoms with E-state index in [4.69, 9.17) is 11.5 Å². The van der Waals surface area contributed by atoms with Crippen LogP contribution in [-0.2, 0) is 0 Å². The number of hydrogen-bond acceptors (Lipinski definition) is 6. The molecule has 0 bridgehead atoms. The molecule has 0 spiro atoms. The van der Waals surface area contributed by atoms with E-state index in [0.717, 1.165) is 0 Å². The molecule has 3 aromatic heterocycles. The van der Waals surface area contributed by atoms with Crippen LogP contribution in [0.2, 0.25) is 0 Å². The lowest BCUT2D eigenvalue weighted by Crippen LogP contribution is -2.33. The van der Waals surface area contributed by atoms with E-state index in [0.29, 0.717) is 33.9 Å². The monoisotopic (exact) mass is 336 g/mol. The summed E-state index contributed by atoms with van der Waals surface area (Å²) in [5.41, 5.74) is 13.7. The van der Waals surface area contributed by atoms with Crippen molar-refractivity contribution in [2.75, 3.05) is 11.5 Å². The minimum atomic E-state index is -0.317. The lowest BCUT2D eigenvalue weighted by atomic mass is 10.2. The van der Waals surface area contributed by atoms with Gasteiger partial charge in [0.2, 0.25) is 0 Å². The van der Waals surface area contributed by atoms with Gasteiger partial charge in [0, 0.05) is 12.1 Å². The molecule has 126 valence electrons. The Morgan fingerprint density at radius 1 is 0.960 bits per heavy atom. The van der Waals surface area contributed by atoms with Crippen molar-refractivity contribution in [1.82, 2.24) is 29.3 Å². The third-order valence-electron chi connectivity index (χ3n) is 3.81. The maximum Gasteiger partial charge on any atom is 0.283 e. The van der Waals surface area contributed by atoms with Gasteiger partial charge in [-0.05, 0) is 26.0 Å². The summed E-state index contributed by atoms with van der Waals surface area (Å²) in [5.74, 6) is 0.875. The molecular weight excluding hydrogens is 320 g/mol. The minimum absolute atomic E-state index is 0.212. The fourth-order valence-corrected chi connectivity index (χ4v) is 2.77. The molecule has 25 heavy (non-hydrogen) atoms. The average molecular weight is 336 g/mol. The number of aromatic nitrogens is 6. The molecule has 0 aliphatic heterocycles. The number of para-hydroxylation sites is 1. The smallest absolute Gasteiger partial charge is 0.283 e. The lowest BCUT2D eigenvalue weighted by Gasteiger charge is -2.14. The summed E-state index contributed by atoms with van der Waals surface area (Å²) < 4.78 is 2.67. The molecule has 3 heterocycles. The summed E-state index contributed by atoms with van der Waals surface area (Å²) in [6.07, 6.45) is 0. The van der Waals surface area contributed by atoms with Gasteiger partial charge >= 0.3 is 0 Å². The molecule has 4 rings (SSSR count). The Balaban J connectivity index is 2.17. The first-order chi connectivity index (χ1) is 12.0. The van der Waals surface area contributed by atoms with Gasteiger partial charge < -0.3 is 11.5 Å². The van der Waals surface area contributed by atoms with E-state index >= 15 is 0 Å². The van der Waals surface area contributed by atoms with E-state index in [1.54, 1.807) is 37.3 Å². The van der Waals surface area contributed by atoms with Crippen LogP contribution < -0.4 is 17.0 Å². The lowest BCUT2D eigenvalue weighted by molar-refractivity contribution is 0.529. The van der Waals surface area contributed by atoms with Crippen molar-refractivity contribution in [2.45, 2.75) is 13.8 Å². The highest BCUT2D eigenvalue weighted by Gasteiger charge is 2.19. The number of fused-ring (bicyclic) bond motifs is 1. The molecule has 0 saturated heterocycles. The molecule has 0 aliphatic carbocycles. The number of hydrogen-bond donors (Lipinski definition) is 2. The molecule has 0 radical (unpaired) electrons. The number of rotatable bonds is 2. The first-order valence-corrected chi connectivity index (χ1v) is 7.63. The van der Waals surface area contributed by atoms with Gasteiger partial charge in [-0.15, -0.1) is 4.79 Å². The molecule has 9 nitrogen and oxygen atoms in total. The topological polar surface area (TPSA) is 123 Å². The van der Waals surface area contributed by atoms with Gasteiger partial charge in [-0.2, -0.15) is 19.6 Å². The number of nitrogens with two attached hydrogens (primary N) is 2. The van der Waals surface area contributed by atoms with Crippen molar-refractivity contribution >= 4 is 22.5 Å². The summed E-state index contributed by atoms with van der Waals surface area (Å²) in [6, 6.07) is 10.4. The molecule has 1 aromatic carbocycles. The molecule has 0 aliphatic rings. The Hall–Kier alpha value is -3.62. The molecule has 4 N–H and O–H groups in total. The highest BCUT2D eigenvalue weighted by molar-refractivity contribution is 5.78. The van der Waals surface area contributed by atoms with Crippen LogP contribution >= 0.6 is 0 Å². The Morgan fingerprint density at radius 3 is 2.28 bits per heavy atom. The number of aryl methyl sites for hydroxylation is 2. The van der Waals surface area contributed by atoms with Gasteiger partial charge in [-0.1, -0.05) is 12.1 Å². The molecule has 0 saturated carbocycles. The van der Waals surface area contributed by atoms with E-state index in [9.17, 15) is 4.79 Å². The normalized spacial score (nSPS) is 11.3. The second-order valence-corrected chi connectivity index (χ2v) is 5.77. The van der Waals surface area contributed by atoms with Gasteiger partial charge in [-0.3, -0.25) is 4.79 Å².